The highest BCUT2D eigenvalue weighted by molar-refractivity contribution is 7.71. The molecule has 0 unspecified atom stereocenters. The van der Waals surface area contributed by atoms with Gasteiger partial charge in [0, 0.05) is 5.56 Å². The van der Waals surface area contributed by atoms with E-state index in [0.717, 1.165) is 29.0 Å². The first-order valence-electron chi connectivity index (χ1n) is 6.45. The van der Waals surface area contributed by atoms with Crippen LogP contribution in [0.5, 0.6) is 5.75 Å². The first kappa shape index (κ1) is 13.7. The monoisotopic (exact) mass is 274 g/mol. The molecule has 0 radical (unpaired) electrons. The van der Waals surface area contributed by atoms with Gasteiger partial charge in [-0.15, -0.1) is 0 Å². The molecule has 1 heterocycles. The van der Waals surface area contributed by atoms with Gasteiger partial charge < -0.3 is 9.72 Å². The molecule has 1 aromatic carbocycles. The number of aromatic nitrogens is 2. The zero-order valence-electron chi connectivity index (χ0n) is 11.4. The van der Waals surface area contributed by atoms with E-state index < -0.39 is 0 Å². The second-order valence-corrected chi connectivity index (χ2v) is 4.99. The molecule has 0 saturated carbocycles. The Kier molecular flexibility index (Phi) is 4.32. The number of rotatable bonds is 4. The maximum atomic E-state index is 5.64. The van der Waals surface area contributed by atoms with Gasteiger partial charge in [0.2, 0.25) is 0 Å². The van der Waals surface area contributed by atoms with Gasteiger partial charge in [0.25, 0.3) is 0 Å². The summed E-state index contributed by atoms with van der Waals surface area (Å²) in [6, 6.07) is 8.03. The number of benzene rings is 1. The summed E-state index contributed by atoms with van der Waals surface area (Å²) in [6.07, 6.45) is 2.70. The van der Waals surface area contributed by atoms with E-state index in [2.05, 4.69) is 16.9 Å². The zero-order valence-corrected chi connectivity index (χ0v) is 12.3. The van der Waals surface area contributed by atoms with Crippen LogP contribution in [0.15, 0.2) is 30.6 Å². The van der Waals surface area contributed by atoms with Gasteiger partial charge >= 0.3 is 0 Å². The molecule has 2 rings (SSSR count). The van der Waals surface area contributed by atoms with Crippen LogP contribution in [0.25, 0.3) is 11.3 Å². The fourth-order valence-corrected chi connectivity index (χ4v) is 2.28. The molecule has 3 nitrogen and oxygen atoms in total. The Morgan fingerprint density at radius 3 is 2.53 bits per heavy atom. The molecule has 0 spiro atoms. The van der Waals surface area contributed by atoms with E-state index in [4.69, 9.17) is 17.0 Å². The van der Waals surface area contributed by atoms with Gasteiger partial charge in [0.15, 0.2) is 0 Å². The van der Waals surface area contributed by atoms with Crippen LogP contribution in [-0.4, -0.2) is 16.1 Å². The molecule has 0 saturated heterocycles. The average molecular weight is 274 g/mol. The molecule has 0 aliphatic rings. The highest BCUT2D eigenvalue weighted by Crippen LogP contribution is 2.24. The lowest BCUT2D eigenvalue weighted by Crippen LogP contribution is -2.05. The van der Waals surface area contributed by atoms with Crippen molar-refractivity contribution in [3.8, 4) is 17.0 Å². The van der Waals surface area contributed by atoms with E-state index in [0.29, 0.717) is 4.64 Å². The number of aromatic amines is 1. The van der Waals surface area contributed by atoms with Crippen LogP contribution in [-0.2, 0) is 6.42 Å². The molecule has 19 heavy (non-hydrogen) atoms. The average Bonchev–Trinajstić information content (AvgIpc) is 2.38. The molecule has 2 aromatic rings. The Hall–Kier alpha value is -1.68. The summed E-state index contributed by atoms with van der Waals surface area (Å²) in [7, 11) is 0. The highest BCUT2D eigenvalue weighted by atomic mass is 32.1. The standard InChI is InChI=1S/C15H18N2OS/c1-4-13-14(16-9-17-15(13)19)11-5-7-12(8-6-11)18-10(2)3/h5-10H,4H2,1-3H3,(H,16,17,19). The Balaban J connectivity index is 2.37. The van der Waals surface area contributed by atoms with Gasteiger partial charge in [-0.05, 0) is 50.1 Å². The number of nitrogens with one attached hydrogen (secondary N) is 1. The molecule has 0 amide bonds. The van der Waals surface area contributed by atoms with Gasteiger partial charge in [-0.2, -0.15) is 0 Å². The van der Waals surface area contributed by atoms with E-state index >= 15 is 0 Å². The first-order valence-corrected chi connectivity index (χ1v) is 6.86. The summed E-state index contributed by atoms with van der Waals surface area (Å²) in [5.41, 5.74) is 3.22. The lowest BCUT2D eigenvalue weighted by Gasteiger charge is -2.11. The third kappa shape index (κ3) is 3.20. The van der Waals surface area contributed by atoms with E-state index in [9.17, 15) is 0 Å². The van der Waals surface area contributed by atoms with Crippen LogP contribution >= 0.6 is 12.2 Å². The van der Waals surface area contributed by atoms with Crippen molar-refractivity contribution in [2.75, 3.05) is 0 Å². The van der Waals surface area contributed by atoms with E-state index in [1.165, 1.54) is 0 Å². The van der Waals surface area contributed by atoms with Crippen molar-refractivity contribution in [2.45, 2.75) is 33.3 Å². The summed E-state index contributed by atoms with van der Waals surface area (Å²) in [5.74, 6) is 0.879. The molecule has 0 fully saturated rings. The third-order valence-electron chi connectivity index (χ3n) is 2.82. The number of hydrogen-bond donors (Lipinski definition) is 1. The fourth-order valence-electron chi connectivity index (χ4n) is 1.99. The van der Waals surface area contributed by atoms with Crippen LogP contribution in [0.2, 0.25) is 0 Å². The number of ether oxygens (including phenoxy) is 1. The van der Waals surface area contributed by atoms with Gasteiger partial charge in [0.1, 0.15) is 10.4 Å². The topological polar surface area (TPSA) is 37.9 Å². The van der Waals surface area contributed by atoms with Crippen LogP contribution in [0.1, 0.15) is 26.3 Å². The number of hydrogen-bond acceptors (Lipinski definition) is 3. The summed E-state index contributed by atoms with van der Waals surface area (Å²) >= 11 is 5.27. The predicted molar refractivity (Wildman–Crippen MR) is 80.0 cm³/mol. The fraction of sp³-hybridized carbons (Fsp3) is 0.333. The van der Waals surface area contributed by atoms with Gasteiger partial charge in [-0.25, -0.2) is 4.98 Å². The summed E-state index contributed by atoms with van der Waals surface area (Å²) in [6.45, 7) is 6.12. The highest BCUT2D eigenvalue weighted by Gasteiger charge is 2.07. The predicted octanol–water partition coefficient (Wildman–Crippen LogP) is 4.16. The molecule has 0 bridgehead atoms. The zero-order chi connectivity index (χ0) is 13.8. The van der Waals surface area contributed by atoms with Crippen LogP contribution < -0.4 is 4.74 Å². The second-order valence-electron chi connectivity index (χ2n) is 4.61. The molecule has 1 aromatic heterocycles. The second kappa shape index (κ2) is 5.97. The minimum Gasteiger partial charge on any atom is -0.491 e. The maximum Gasteiger partial charge on any atom is 0.133 e. The quantitative estimate of drug-likeness (QED) is 0.851. The molecule has 1 N–H and O–H groups in total. The largest absolute Gasteiger partial charge is 0.491 e. The molecule has 0 aliphatic carbocycles. The normalized spacial score (nSPS) is 10.7. The van der Waals surface area contributed by atoms with E-state index in [-0.39, 0.29) is 6.10 Å². The molecular formula is C15H18N2OS. The smallest absolute Gasteiger partial charge is 0.133 e. The van der Waals surface area contributed by atoms with Crippen LogP contribution in [0.3, 0.4) is 0 Å². The van der Waals surface area contributed by atoms with Gasteiger partial charge in [0.05, 0.1) is 18.1 Å². The third-order valence-corrected chi connectivity index (χ3v) is 3.17. The Morgan fingerprint density at radius 1 is 1.26 bits per heavy atom. The SMILES string of the molecule is CCc1c(-c2ccc(OC(C)C)cc2)[nH]cnc1=S. The van der Waals surface area contributed by atoms with Crippen molar-refractivity contribution in [3.05, 3.63) is 40.8 Å². The van der Waals surface area contributed by atoms with Crippen molar-refractivity contribution in [2.24, 2.45) is 0 Å². The molecule has 4 heteroatoms. The summed E-state index contributed by atoms with van der Waals surface area (Å²) in [4.78, 5) is 7.31. The van der Waals surface area contributed by atoms with Crippen LogP contribution in [0, 0.1) is 4.64 Å². The van der Waals surface area contributed by atoms with E-state index in [1.807, 2.05) is 38.1 Å². The van der Waals surface area contributed by atoms with Crippen molar-refractivity contribution in [3.63, 3.8) is 0 Å². The Labute approximate surface area is 118 Å². The minimum absolute atomic E-state index is 0.184. The summed E-state index contributed by atoms with van der Waals surface area (Å²) < 4.78 is 6.31. The number of nitrogens with zero attached hydrogens (tertiary/aromatic N) is 1. The van der Waals surface area contributed by atoms with Crippen molar-refractivity contribution >= 4 is 12.2 Å². The Morgan fingerprint density at radius 2 is 1.95 bits per heavy atom. The van der Waals surface area contributed by atoms with Crippen molar-refractivity contribution in [1.82, 2.24) is 9.97 Å². The minimum atomic E-state index is 0.184. The summed E-state index contributed by atoms with van der Waals surface area (Å²) in [5, 5.41) is 0. The molecular weight excluding hydrogens is 256 g/mol. The molecule has 100 valence electrons. The van der Waals surface area contributed by atoms with Crippen molar-refractivity contribution < 1.29 is 4.74 Å². The van der Waals surface area contributed by atoms with Gasteiger partial charge in [-0.1, -0.05) is 19.1 Å². The first-order chi connectivity index (χ1) is 9.11. The Bertz CT molecular complexity index is 602. The van der Waals surface area contributed by atoms with Crippen LogP contribution in [0.4, 0.5) is 0 Å². The molecule has 0 aliphatic heterocycles. The lowest BCUT2D eigenvalue weighted by atomic mass is 10.1. The van der Waals surface area contributed by atoms with E-state index in [1.54, 1.807) is 6.33 Å². The lowest BCUT2D eigenvalue weighted by molar-refractivity contribution is 0.242. The molecule has 0 atom stereocenters. The van der Waals surface area contributed by atoms with Crippen molar-refractivity contribution in [1.29, 1.82) is 0 Å². The number of H-pyrrole nitrogens is 1. The van der Waals surface area contributed by atoms with Gasteiger partial charge in [-0.3, -0.25) is 0 Å². The maximum absolute atomic E-state index is 5.64.